The van der Waals surface area contributed by atoms with Gasteiger partial charge in [-0.3, -0.25) is 9.78 Å². The maximum absolute atomic E-state index is 14.3. The van der Waals surface area contributed by atoms with Crippen molar-refractivity contribution in [1.29, 1.82) is 0 Å². The van der Waals surface area contributed by atoms with Gasteiger partial charge in [0.1, 0.15) is 5.69 Å². The maximum atomic E-state index is 14.3. The van der Waals surface area contributed by atoms with Crippen molar-refractivity contribution >= 4 is 14.1 Å². The minimum absolute atomic E-state index is 0.507. The average molecular weight is 350 g/mol. The van der Waals surface area contributed by atoms with Gasteiger partial charge in [-0.15, -0.1) is 0 Å². The molecule has 0 fully saturated rings. The molecule has 3 nitrogen and oxygen atoms in total. The molecule has 1 heterocycles. The zero-order valence-corrected chi connectivity index (χ0v) is 14.7. The van der Waals surface area contributed by atoms with Crippen LogP contribution in [0.15, 0.2) is 12.3 Å². The second kappa shape index (κ2) is 6.31. The van der Waals surface area contributed by atoms with E-state index in [0.717, 1.165) is 12.3 Å². The van der Waals surface area contributed by atoms with Crippen LogP contribution in [0, 0.1) is 12.7 Å². The van der Waals surface area contributed by atoms with E-state index in [1.54, 1.807) is 33.9 Å². The maximum Gasteiger partial charge on any atom is 0.419 e. The molecule has 0 aliphatic heterocycles. The lowest BCUT2D eigenvalue weighted by Crippen LogP contribution is -2.45. The molecule has 1 rings (SSSR count). The van der Waals surface area contributed by atoms with E-state index < -0.39 is 48.5 Å². The molecule has 0 saturated carbocycles. The van der Waals surface area contributed by atoms with E-state index in [0.29, 0.717) is 0 Å². The van der Waals surface area contributed by atoms with Crippen LogP contribution in [0.5, 0.6) is 0 Å². The molecule has 1 unspecified atom stereocenters. The number of carbonyl (C=O) groups excluding carboxylic acids is 1. The Kier molecular flexibility index (Phi) is 5.42. The number of aromatic nitrogens is 1. The number of pyridine rings is 1. The van der Waals surface area contributed by atoms with Gasteiger partial charge in [0.15, 0.2) is 26.0 Å². The lowest BCUT2D eigenvalue weighted by molar-refractivity contribution is -0.203. The number of Topliss-reactive ketones (excluding diaryl/α,β-unsaturated/α-hetero) is 1. The quantitative estimate of drug-likeness (QED) is 0.442. The molecular formula is C15H20F4NO2Si. The zero-order valence-electron chi connectivity index (χ0n) is 13.7. The Labute approximate surface area is 134 Å². The highest BCUT2D eigenvalue weighted by Gasteiger charge is 2.50. The molecule has 1 aromatic rings. The lowest BCUT2D eigenvalue weighted by Gasteiger charge is -2.39. The van der Waals surface area contributed by atoms with Crippen molar-refractivity contribution in [2.24, 2.45) is 0 Å². The van der Waals surface area contributed by atoms with Crippen LogP contribution in [-0.2, 0) is 4.43 Å². The highest BCUT2D eigenvalue weighted by atomic mass is 28.4. The molecule has 0 saturated heterocycles. The van der Waals surface area contributed by atoms with Gasteiger partial charge in [0.05, 0.1) is 5.56 Å². The van der Waals surface area contributed by atoms with Gasteiger partial charge in [0, 0.05) is 13.1 Å². The van der Waals surface area contributed by atoms with Crippen LogP contribution in [0.2, 0.25) is 18.1 Å². The minimum Gasteiger partial charge on any atom is -0.401 e. The van der Waals surface area contributed by atoms with E-state index in [-0.39, 0.29) is 0 Å². The highest BCUT2D eigenvalue weighted by molar-refractivity contribution is 6.74. The molecule has 0 bridgehead atoms. The summed E-state index contributed by atoms with van der Waals surface area (Å²) in [6.07, 6.45) is -6.43. The first-order valence-corrected chi connectivity index (χ1v) is 9.84. The molecule has 1 atom stereocenters. The predicted molar refractivity (Wildman–Crippen MR) is 81.0 cm³/mol. The molecule has 8 heteroatoms. The van der Waals surface area contributed by atoms with Gasteiger partial charge in [0.2, 0.25) is 0 Å². The molecule has 1 aromatic heterocycles. The topological polar surface area (TPSA) is 39.2 Å². The largest absolute Gasteiger partial charge is 0.419 e. The summed E-state index contributed by atoms with van der Waals surface area (Å²) in [5, 5.41) is -0.507. The van der Waals surface area contributed by atoms with Crippen molar-refractivity contribution < 1.29 is 26.8 Å². The van der Waals surface area contributed by atoms with Crippen molar-refractivity contribution in [2.45, 2.75) is 51.2 Å². The number of rotatable bonds is 4. The van der Waals surface area contributed by atoms with Crippen molar-refractivity contribution in [3.8, 4) is 0 Å². The minimum atomic E-state index is -4.85. The van der Waals surface area contributed by atoms with Crippen molar-refractivity contribution in [1.82, 2.24) is 4.98 Å². The summed E-state index contributed by atoms with van der Waals surface area (Å²) < 4.78 is 59.9. The average Bonchev–Trinajstić information content (AvgIpc) is 2.33. The number of nitrogens with zero attached hydrogens (tertiary/aromatic N) is 1. The second-order valence-corrected chi connectivity index (χ2v) is 11.5. The number of hydrogen-bond acceptors (Lipinski definition) is 3. The summed E-state index contributed by atoms with van der Waals surface area (Å²) in [7, 11) is -2.86. The summed E-state index contributed by atoms with van der Waals surface area (Å²) in [6, 6.07) is 0.994. The summed E-state index contributed by atoms with van der Waals surface area (Å²) in [6.45, 7) is 11.6. The van der Waals surface area contributed by atoms with E-state index in [2.05, 4.69) is 11.9 Å². The molecule has 1 radical (unpaired) electrons. The van der Waals surface area contributed by atoms with Gasteiger partial charge in [0.25, 0.3) is 0 Å². The molecule has 0 amide bonds. The smallest absolute Gasteiger partial charge is 0.401 e. The van der Waals surface area contributed by atoms with E-state index in [9.17, 15) is 22.4 Å². The summed E-state index contributed by atoms with van der Waals surface area (Å²) >= 11 is 0. The molecule has 0 N–H and O–H groups in total. The Balaban J connectivity index is 3.41. The Hall–Kier alpha value is -1.28. The van der Waals surface area contributed by atoms with Crippen LogP contribution >= 0.6 is 0 Å². The van der Waals surface area contributed by atoms with Gasteiger partial charge in [-0.2, -0.15) is 13.2 Å². The molecule has 0 spiro atoms. The lowest BCUT2D eigenvalue weighted by atomic mass is 10.1. The first kappa shape index (κ1) is 19.8. The van der Waals surface area contributed by atoms with Gasteiger partial charge in [-0.1, -0.05) is 20.8 Å². The summed E-state index contributed by atoms with van der Waals surface area (Å²) in [5.74, 6) is -2.26. The van der Waals surface area contributed by atoms with Crippen LogP contribution in [0.25, 0.3) is 0 Å². The Morgan fingerprint density at radius 2 is 1.83 bits per heavy atom. The molecule has 23 heavy (non-hydrogen) atoms. The fourth-order valence-corrected chi connectivity index (χ4v) is 2.80. The third-order valence-electron chi connectivity index (χ3n) is 3.98. The number of halogens is 4. The van der Waals surface area contributed by atoms with Gasteiger partial charge < -0.3 is 4.43 Å². The molecule has 129 valence electrons. The van der Waals surface area contributed by atoms with Crippen molar-refractivity contribution in [3.05, 3.63) is 36.3 Å². The molecule has 0 aliphatic carbocycles. The zero-order chi connectivity index (χ0) is 18.2. The predicted octanol–water partition coefficient (Wildman–Crippen LogP) is 4.86. The SMILES string of the molecule is [CH2]C(=O)c1ccnc(C(O[Si](C)(C)C(C)(C)C)C(F)(F)F)c1F. The van der Waals surface area contributed by atoms with Crippen LogP contribution in [-0.4, -0.2) is 25.3 Å². The Morgan fingerprint density at radius 3 is 2.22 bits per heavy atom. The third-order valence-corrected chi connectivity index (χ3v) is 8.42. The van der Waals surface area contributed by atoms with E-state index in [1.165, 1.54) is 0 Å². The Bertz CT molecular complexity index is 594. The first-order chi connectivity index (χ1) is 10.2. The number of hydrogen-bond donors (Lipinski definition) is 0. The highest BCUT2D eigenvalue weighted by Crippen LogP contribution is 2.44. The molecule has 0 aliphatic rings. The summed E-state index contributed by atoms with van der Waals surface area (Å²) in [4.78, 5) is 14.7. The van der Waals surface area contributed by atoms with E-state index in [1.807, 2.05) is 0 Å². The third kappa shape index (κ3) is 4.38. The normalized spacial score (nSPS) is 14.7. The fraction of sp³-hybridized carbons (Fsp3) is 0.533. The van der Waals surface area contributed by atoms with Gasteiger partial charge >= 0.3 is 6.18 Å². The van der Waals surface area contributed by atoms with Crippen LogP contribution in [0.1, 0.15) is 42.9 Å². The van der Waals surface area contributed by atoms with Crippen LogP contribution in [0.3, 0.4) is 0 Å². The second-order valence-electron chi connectivity index (χ2n) is 6.78. The number of alkyl halides is 3. The van der Waals surface area contributed by atoms with Crippen LogP contribution < -0.4 is 0 Å². The van der Waals surface area contributed by atoms with Gasteiger partial charge in [-0.05, 0) is 24.2 Å². The first-order valence-electron chi connectivity index (χ1n) is 6.93. The number of carbonyl (C=O) groups is 1. The van der Waals surface area contributed by atoms with Crippen LogP contribution in [0.4, 0.5) is 17.6 Å². The summed E-state index contributed by atoms with van der Waals surface area (Å²) in [5.41, 5.74) is -1.47. The van der Waals surface area contributed by atoms with Crippen molar-refractivity contribution in [2.75, 3.05) is 0 Å². The fourth-order valence-electron chi connectivity index (χ4n) is 1.61. The number of ketones is 1. The van der Waals surface area contributed by atoms with E-state index in [4.69, 9.17) is 4.43 Å². The molecular weight excluding hydrogens is 330 g/mol. The Morgan fingerprint density at radius 1 is 1.30 bits per heavy atom. The van der Waals surface area contributed by atoms with E-state index >= 15 is 0 Å². The van der Waals surface area contributed by atoms with Crippen molar-refractivity contribution in [3.63, 3.8) is 0 Å². The van der Waals surface area contributed by atoms with Gasteiger partial charge in [-0.25, -0.2) is 4.39 Å². The molecule has 0 aromatic carbocycles. The monoisotopic (exact) mass is 350 g/mol. The standard InChI is InChI=1S/C15H20F4NO2Si/c1-9(21)10-7-8-20-12(11(10)16)13(15(17,18)19)22-23(5,6)14(2,3)4/h7-8,13H,1H2,2-6H3.